The third-order valence-corrected chi connectivity index (χ3v) is 4.83. The highest BCUT2D eigenvalue weighted by atomic mass is 32.1. The van der Waals surface area contributed by atoms with Gasteiger partial charge in [0.05, 0.1) is 6.54 Å². The van der Waals surface area contributed by atoms with Crippen molar-refractivity contribution in [1.82, 2.24) is 5.32 Å². The van der Waals surface area contributed by atoms with E-state index in [4.69, 9.17) is 4.74 Å². The van der Waals surface area contributed by atoms with Crippen LogP contribution in [0.4, 0.5) is 0 Å². The molecule has 20 heavy (non-hydrogen) atoms. The molecule has 0 fully saturated rings. The molecule has 4 heteroatoms. The van der Waals surface area contributed by atoms with Crippen LogP contribution in [0.3, 0.4) is 0 Å². The quantitative estimate of drug-likeness (QED) is 0.862. The minimum Gasteiger partial charge on any atom is -0.459 e. The molecule has 1 heterocycles. The Hall–Kier alpha value is -0.870. The van der Waals surface area contributed by atoms with Gasteiger partial charge in [0.2, 0.25) is 0 Å². The van der Waals surface area contributed by atoms with Gasteiger partial charge in [-0.05, 0) is 65.0 Å². The monoisotopic (exact) mass is 295 g/mol. The van der Waals surface area contributed by atoms with Crippen LogP contribution in [-0.2, 0) is 22.4 Å². The highest BCUT2D eigenvalue weighted by Crippen LogP contribution is 2.32. The van der Waals surface area contributed by atoms with Crippen molar-refractivity contribution in [2.45, 2.75) is 65.0 Å². The molecule has 3 nitrogen and oxygen atoms in total. The van der Waals surface area contributed by atoms with Gasteiger partial charge < -0.3 is 4.74 Å². The molecule has 0 aromatic carbocycles. The Balaban J connectivity index is 1.87. The minimum absolute atomic E-state index is 0.189. The predicted octanol–water partition coefficient (Wildman–Crippen LogP) is 3.62. The van der Waals surface area contributed by atoms with Gasteiger partial charge in [-0.15, -0.1) is 11.3 Å². The molecule has 2 rings (SSSR count). The molecule has 0 bridgehead atoms. The third kappa shape index (κ3) is 4.32. The molecule has 0 amide bonds. The number of nitrogens with one attached hydrogen (secondary N) is 1. The molecule has 0 saturated heterocycles. The summed E-state index contributed by atoms with van der Waals surface area (Å²) >= 11 is 1.89. The molecule has 112 valence electrons. The summed E-state index contributed by atoms with van der Waals surface area (Å²) < 4.78 is 5.31. The highest BCUT2D eigenvalue weighted by molar-refractivity contribution is 7.12. The second-order valence-electron chi connectivity index (χ2n) is 6.49. The van der Waals surface area contributed by atoms with Crippen molar-refractivity contribution < 1.29 is 9.53 Å². The molecule has 1 aromatic heterocycles. The van der Waals surface area contributed by atoms with Gasteiger partial charge in [-0.2, -0.15) is 0 Å². The van der Waals surface area contributed by atoms with Crippen LogP contribution in [-0.4, -0.2) is 18.1 Å². The Morgan fingerprint density at radius 1 is 1.40 bits per heavy atom. The maximum absolute atomic E-state index is 11.7. The Labute approximate surface area is 125 Å². The summed E-state index contributed by atoms with van der Waals surface area (Å²) in [5.74, 6) is -0.189. The molecule has 1 aliphatic rings. The van der Waals surface area contributed by atoms with Crippen LogP contribution in [0.15, 0.2) is 6.07 Å². The lowest BCUT2D eigenvalue weighted by Crippen LogP contribution is -2.32. The van der Waals surface area contributed by atoms with Gasteiger partial charge in [-0.1, -0.05) is 0 Å². The Morgan fingerprint density at radius 3 is 2.75 bits per heavy atom. The van der Waals surface area contributed by atoms with Crippen LogP contribution in [0.2, 0.25) is 0 Å². The summed E-state index contributed by atoms with van der Waals surface area (Å²) in [6.07, 6.45) is 5.05. The fraction of sp³-hybridized carbons (Fsp3) is 0.688. The van der Waals surface area contributed by atoms with Crippen molar-refractivity contribution in [3.05, 3.63) is 21.4 Å². The number of fused-ring (bicyclic) bond motifs is 1. The zero-order chi connectivity index (χ0) is 14.8. The van der Waals surface area contributed by atoms with E-state index in [1.165, 1.54) is 41.0 Å². The topological polar surface area (TPSA) is 38.3 Å². The Bertz CT molecular complexity index is 450. The van der Waals surface area contributed by atoms with Gasteiger partial charge >= 0.3 is 5.97 Å². The number of thiophene rings is 1. The standard InChI is InChI=1S/C16H25NO2S/c1-11(17-10-15(18)19-16(2,3)4)14-9-12-7-5-6-8-13(12)20-14/h9,11,17H,5-8,10H2,1-4H3. The fourth-order valence-electron chi connectivity index (χ4n) is 2.44. The van der Waals surface area contributed by atoms with Crippen molar-refractivity contribution in [3.63, 3.8) is 0 Å². The number of hydrogen-bond donors (Lipinski definition) is 1. The molecule has 1 unspecified atom stereocenters. The second kappa shape index (κ2) is 6.27. The van der Waals surface area contributed by atoms with Gasteiger partial charge in [0.15, 0.2) is 0 Å². The zero-order valence-corrected chi connectivity index (χ0v) is 13.7. The zero-order valence-electron chi connectivity index (χ0n) is 12.9. The molecule has 0 radical (unpaired) electrons. The van der Waals surface area contributed by atoms with Gasteiger partial charge in [0, 0.05) is 15.8 Å². The third-order valence-electron chi connectivity index (χ3n) is 3.42. The van der Waals surface area contributed by atoms with Crippen LogP contribution >= 0.6 is 11.3 Å². The Morgan fingerprint density at radius 2 is 2.10 bits per heavy atom. The first kappa shape index (κ1) is 15.5. The molecule has 0 spiro atoms. The first-order valence-electron chi connectivity index (χ1n) is 7.42. The van der Waals surface area contributed by atoms with Crippen molar-refractivity contribution >= 4 is 17.3 Å². The van der Waals surface area contributed by atoms with E-state index in [0.29, 0.717) is 0 Å². The van der Waals surface area contributed by atoms with Crippen molar-refractivity contribution in [1.29, 1.82) is 0 Å². The van der Waals surface area contributed by atoms with Crippen LogP contribution < -0.4 is 5.32 Å². The van der Waals surface area contributed by atoms with Crippen LogP contribution in [0, 0.1) is 0 Å². The number of hydrogen-bond acceptors (Lipinski definition) is 4. The molecule has 0 aliphatic heterocycles. The largest absolute Gasteiger partial charge is 0.459 e. The van der Waals surface area contributed by atoms with E-state index in [0.717, 1.165) is 0 Å². The van der Waals surface area contributed by atoms with E-state index in [2.05, 4.69) is 18.3 Å². The van der Waals surface area contributed by atoms with Gasteiger partial charge in [0.25, 0.3) is 0 Å². The number of ether oxygens (including phenoxy) is 1. The van der Waals surface area contributed by atoms with E-state index >= 15 is 0 Å². The molecule has 1 aliphatic carbocycles. The van der Waals surface area contributed by atoms with Crippen molar-refractivity contribution in [2.75, 3.05) is 6.54 Å². The normalized spacial score (nSPS) is 16.6. The van der Waals surface area contributed by atoms with Crippen molar-refractivity contribution in [2.24, 2.45) is 0 Å². The maximum atomic E-state index is 11.7. The van der Waals surface area contributed by atoms with Gasteiger partial charge in [-0.25, -0.2) is 0 Å². The first-order valence-corrected chi connectivity index (χ1v) is 8.23. The van der Waals surface area contributed by atoms with Gasteiger partial charge in [0.1, 0.15) is 5.60 Å². The van der Waals surface area contributed by atoms with Crippen LogP contribution in [0.25, 0.3) is 0 Å². The molecule has 1 aromatic rings. The number of rotatable bonds is 4. The van der Waals surface area contributed by atoms with E-state index in [9.17, 15) is 4.79 Å². The SMILES string of the molecule is CC(NCC(=O)OC(C)(C)C)c1cc2c(s1)CCCC2. The van der Waals surface area contributed by atoms with E-state index in [1.807, 2.05) is 32.1 Å². The number of carbonyl (C=O) groups excluding carboxylic acids is 1. The number of carbonyl (C=O) groups is 1. The first-order chi connectivity index (χ1) is 9.35. The smallest absolute Gasteiger partial charge is 0.320 e. The van der Waals surface area contributed by atoms with Crippen LogP contribution in [0.5, 0.6) is 0 Å². The molecule has 0 saturated carbocycles. The van der Waals surface area contributed by atoms with Crippen molar-refractivity contribution in [3.8, 4) is 0 Å². The maximum Gasteiger partial charge on any atom is 0.320 e. The number of aryl methyl sites for hydroxylation is 2. The fourth-order valence-corrected chi connectivity index (χ4v) is 3.73. The summed E-state index contributed by atoms with van der Waals surface area (Å²) in [5, 5.41) is 3.27. The molecule has 1 N–H and O–H groups in total. The Kier molecular flexibility index (Phi) is 4.86. The summed E-state index contributed by atoms with van der Waals surface area (Å²) in [7, 11) is 0. The van der Waals surface area contributed by atoms with Crippen LogP contribution in [0.1, 0.15) is 61.9 Å². The van der Waals surface area contributed by atoms with E-state index < -0.39 is 5.60 Å². The lowest BCUT2D eigenvalue weighted by molar-refractivity contribution is -0.153. The molecular formula is C16H25NO2S. The summed E-state index contributed by atoms with van der Waals surface area (Å²) in [4.78, 5) is 14.6. The average Bonchev–Trinajstić information content (AvgIpc) is 2.77. The second-order valence-corrected chi connectivity index (χ2v) is 7.66. The lowest BCUT2D eigenvalue weighted by Gasteiger charge is -2.20. The lowest BCUT2D eigenvalue weighted by atomic mass is 9.99. The van der Waals surface area contributed by atoms with Gasteiger partial charge in [-0.3, -0.25) is 10.1 Å². The van der Waals surface area contributed by atoms with E-state index in [-0.39, 0.29) is 18.6 Å². The number of esters is 1. The van der Waals surface area contributed by atoms with E-state index in [1.54, 1.807) is 0 Å². The molecular weight excluding hydrogens is 270 g/mol. The highest BCUT2D eigenvalue weighted by Gasteiger charge is 2.19. The predicted molar refractivity (Wildman–Crippen MR) is 83.2 cm³/mol. The minimum atomic E-state index is -0.413. The summed E-state index contributed by atoms with van der Waals surface area (Å²) in [6.45, 7) is 8.05. The summed E-state index contributed by atoms with van der Waals surface area (Å²) in [6, 6.07) is 2.52. The average molecular weight is 295 g/mol. The summed E-state index contributed by atoms with van der Waals surface area (Å²) in [5.41, 5.74) is 1.10. The molecule has 1 atom stereocenters.